The SMILES string of the molecule is Nc1ccc(C(=O)Nc2ccc(C3=Cc4cc(NC(=O)C5CCCCCC5)ccc4CC=C3)cc2)cc1Cl. The second-order valence-corrected chi connectivity index (χ2v) is 10.5. The van der Waals surface area contributed by atoms with Crippen molar-refractivity contribution in [3.63, 3.8) is 0 Å². The van der Waals surface area contributed by atoms with Crippen LogP contribution in [0.25, 0.3) is 11.6 Å². The van der Waals surface area contributed by atoms with Crippen molar-refractivity contribution in [2.24, 2.45) is 5.92 Å². The molecule has 0 saturated heterocycles. The largest absolute Gasteiger partial charge is 0.398 e. The Hall–Kier alpha value is -3.83. The molecule has 1 saturated carbocycles. The first-order valence-corrected chi connectivity index (χ1v) is 13.6. The lowest BCUT2D eigenvalue weighted by atomic mass is 9.98. The highest BCUT2D eigenvalue weighted by Crippen LogP contribution is 2.30. The average molecular weight is 526 g/mol. The van der Waals surface area contributed by atoms with E-state index in [0.717, 1.165) is 54.5 Å². The molecule has 2 aliphatic carbocycles. The minimum atomic E-state index is -0.249. The number of fused-ring (bicyclic) bond motifs is 1. The fraction of sp³-hybridized carbons (Fsp3) is 0.250. The van der Waals surface area contributed by atoms with Gasteiger partial charge in [0.2, 0.25) is 5.91 Å². The van der Waals surface area contributed by atoms with E-state index in [4.69, 9.17) is 17.3 Å². The summed E-state index contributed by atoms with van der Waals surface area (Å²) >= 11 is 6.05. The molecule has 0 aromatic heterocycles. The number of amides is 2. The molecule has 5 nitrogen and oxygen atoms in total. The van der Waals surface area contributed by atoms with Gasteiger partial charge in [-0.1, -0.05) is 67.6 Å². The number of carbonyl (C=O) groups excluding carboxylic acids is 2. The zero-order valence-electron chi connectivity index (χ0n) is 21.3. The van der Waals surface area contributed by atoms with Crippen LogP contribution in [0.3, 0.4) is 0 Å². The summed E-state index contributed by atoms with van der Waals surface area (Å²) in [6, 6.07) is 18.8. The number of hydrogen-bond donors (Lipinski definition) is 3. The van der Waals surface area contributed by atoms with E-state index in [-0.39, 0.29) is 17.7 Å². The second kappa shape index (κ2) is 11.7. The Kier molecular flexibility index (Phi) is 7.94. The van der Waals surface area contributed by atoms with Gasteiger partial charge in [0.1, 0.15) is 0 Å². The predicted molar refractivity (Wildman–Crippen MR) is 157 cm³/mol. The Labute approximate surface area is 228 Å². The first kappa shape index (κ1) is 25.8. The summed E-state index contributed by atoms with van der Waals surface area (Å²) in [7, 11) is 0. The fourth-order valence-corrected chi connectivity index (χ4v) is 5.29. The third kappa shape index (κ3) is 6.17. The lowest BCUT2D eigenvalue weighted by Crippen LogP contribution is -2.22. The van der Waals surface area contributed by atoms with Crippen LogP contribution in [0.5, 0.6) is 0 Å². The van der Waals surface area contributed by atoms with Gasteiger partial charge in [0.15, 0.2) is 0 Å². The highest BCUT2D eigenvalue weighted by atomic mass is 35.5. The molecule has 2 aliphatic rings. The van der Waals surface area contributed by atoms with Gasteiger partial charge < -0.3 is 16.4 Å². The molecule has 0 aliphatic heterocycles. The van der Waals surface area contributed by atoms with Gasteiger partial charge in [-0.2, -0.15) is 0 Å². The van der Waals surface area contributed by atoms with Crippen LogP contribution < -0.4 is 16.4 Å². The monoisotopic (exact) mass is 525 g/mol. The van der Waals surface area contributed by atoms with Crippen LogP contribution in [0.4, 0.5) is 17.1 Å². The Morgan fingerprint density at radius 3 is 2.32 bits per heavy atom. The molecule has 3 aromatic carbocycles. The van der Waals surface area contributed by atoms with Crippen LogP contribution in [0.1, 0.15) is 65.6 Å². The number of hydrogen-bond acceptors (Lipinski definition) is 3. The summed E-state index contributed by atoms with van der Waals surface area (Å²) in [6.07, 6.45) is 14.0. The molecule has 194 valence electrons. The number of benzene rings is 3. The Bertz CT molecular complexity index is 1400. The quantitative estimate of drug-likeness (QED) is 0.235. The standard InChI is InChI=1S/C32H32ClN3O2/c33-29-20-25(13-17-30(29)34)32(38)35-27-14-10-22(11-15-27)24-9-5-8-21-12-16-28(19-26(21)18-24)36-31(37)23-6-3-1-2-4-7-23/h5,9-20,23H,1-4,6-8,34H2,(H,35,38)(H,36,37). The second-order valence-electron chi connectivity index (χ2n) is 10.1. The number of nitrogens with one attached hydrogen (secondary N) is 2. The maximum atomic E-state index is 12.9. The van der Waals surface area contributed by atoms with E-state index in [0.29, 0.717) is 22.0 Å². The van der Waals surface area contributed by atoms with Crippen LogP contribution in [0, 0.1) is 5.92 Å². The first-order valence-electron chi connectivity index (χ1n) is 13.2. The summed E-state index contributed by atoms with van der Waals surface area (Å²) < 4.78 is 0. The lowest BCUT2D eigenvalue weighted by molar-refractivity contribution is -0.120. The molecule has 2 amide bonds. The van der Waals surface area contributed by atoms with Gasteiger partial charge in [0.25, 0.3) is 5.91 Å². The highest BCUT2D eigenvalue weighted by Gasteiger charge is 2.20. The van der Waals surface area contributed by atoms with Crippen molar-refractivity contribution in [1.82, 2.24) is 0 Å². The van der Waals surface area contributed by atoms with Gasteiger partial charge in [-0.15, -0.1) is 0 Å². The van der Waals surface area contributed by atoms with Gasteiger partial charge >= 0.3 is 0 Å². The summed E-state index contributed by atoms with van der Waals surface area (Å²) in [5.74, 6) is 0.00218. The van der Waals surface area contributed by atoms with E-state index in [1.54, 1.807) is 18.2 Å². The summed E-state index contributed by atoms with van der Waals surface area (Å²) in [5, 5.41) is 6.42. The third-order valence-electron chi connectivity index (χ3n) is 7.32. The number of carbonyl (C=O) groups is 2. The van der Waals surface area contributed by atoms with Crippen molar-refractivity contribution >= 4 is 52.1 Å². The lowest BCUT2D eigenvalue weighted by Gasteiger charge is -2.15. The van der Waals surface area contributed by atoms with Crippen molar-refractivity contribution in [3.05, 3.63) is 100 Å². The van der Waals surface area contributed by atoms with Crippen molar-refractivity contribution in [2.75, 3.05) is 16.4 Å². The maximum absolute atomic E-state index is 12.9. The maximum Gasteiger partial charge on any atom is 0.255 e. The van der Waals surface area contributed by atoms with Crippen molar-refractivity contribution in [2.45, 2.75) is 44.9 Å². The van der Waals surface area contributed by atoms with E-state index < -0.39 is 0 Å². The number of allylic oxidation sites excluding steroid dienone is 3. The van der Waals surface area contributed by atoms with E-state index in [1.807, 2.05) is 30.3 Å². The topological polar surface area (TPSA) is 84.2 Å². The molecule has 5 rings (SSSR count). The molecule has 1 fully saturated rings. The molecule has 0 heterocycles. The fourth-order valence-electron chi connectivity index (χ4n) is 5.10. The molecule has 0 bridgehead atoms. The minimum Gasteiger partial charge on any atom is -0.398 e. The first-order chi connectivity index (χ1) is 18.5. The zero-order chi connectivity index (χ0) is 26.5. The molecule has 38 heavy (non-hydrogen) atoms. The van der Waals surface area contributed by atoms with E-state index >= 15 is 0 Å². The van der Waals surface area contributed by atoms with Crippen molar-refractivity contribution < 1.29 is 9.59 Å². The van der Waals surface area contributed by atoms with Gasteiger partial charge in [-0.25, -0.2) is 0 Å². The van der Waals surface area contributed by atoms with Crippen LogP contribution in [0.2, 0.25) is 5.02 Å². The Morgan fingerprint density at radius 1 is 0.842 bits per heavy atom. The van der Waals surface area contributed by atoms with Crippen molar-refractivity contribution in [1.29, 1.82) is 0 Å². The van der Waals surface area contributed by atoms with Gasteiger partial charge in [0.05, 0.1) is 10.7 Å². The summed E-state index contributed by atoms with van der Waals surface area (Å²) in [6.45, 7) is 0. The van der Waals surface area contributed by atoms with Crippen LogP contribution in [-0.2, 0) is 11.2 Å². The predicted octanol–water partition coefficient (Wildman–Crippen LogP) is 7.74. The van der Waals surface area contributed by atoms with Gasteiger partial charge in [0, 0.05) is 22.9 Å². The Balaban J connectivity index is 1.30. The average Bonchev–Trinajstić information content (AvgIpc) is 3.32. The number of halogens is 1. The summed E-state index contributed by atoms with van der Waals surface area (Å²) in [5.41, 5.74) is 12.6. The van der Waals surface area contributed by atoms with E-state index in [9.17, 15) is 9.59 Å². The number of anilines is 3. The minimum absolute atomic E-state index is 0.111. The Morgan fingerprint density at radius 2 is 1.58 bits per heavy atom. The van der Waals surface area contributed by atoms with Crippen LogP contribution >= 0.6 is 11.6 Å². The normalized spacial score (nSPS) is 15.6. The molecule has 6 heteroatoms. The zero-order valence-corrected chi connectivity index (χ0v) is 22.1. The van der Waals surface area contributed by atoms with Crippen molar-refractivity contribution in [3.8, 4) is 0 Å². The molecular weight excluding hydrogens is 494 g/mol. The van der Waals surface area contributed by atoms with Gasteiger partial charge in [-0.05, 0) is 90.1 Å². The van der Waals surface area contributed by atoms with E-state index in [1.165, 1.54) is 18.4 Å². The number of nitrogen functional groups attached to an aromatic ring is 1. The van der Waals surface area contributed by atoms with Crippen LogP contribution in [0.15, 0.2) is 72.8 Å². The number of rotatable bonds is 5. The third-order valence-corrected chi connectivity index (χ3v) is 7.65. The molecular formula is C32H32ClN3O2. The van der Waals surface area contributed by atoms with Gasteiger partial charge in [-0.3, -0.25) is 9.59 Å². The molecule has 0 atom stereocenters. The molecule has 0 unspecified atom stereocenters. The molecule has 0 radical (unpaired) electrons. The molecule has 3 aromatic rings. The molecule has 4 N–H and O–H groups in total. The van der Waals surface area contributed by atoms with E-state index in [2.05, 4.69) is 41.0 Å². The summed E-state index contributed by atoms with van der Waals surface area (Å²) in [4.78, 5) is 25.5. The highest BCUT2D eigenvalue weighted by molar-refractivity contribution is 6.33. The number of nitrogens with two attached hydrogens (primary N) is 1. The smallest absolute Gasteiger partial charge is 0.255 e. The molecule has 0 spiro atoms. The van der Waals surface area contributed by atoms with Crippen LogP contribution in [-0.4, -0.2) is 11.8 Å².